The van der Waals surface area contributed by atoms with Crippen molar-refractivity contribution >= 4 is 46.6 Å². The Morgan fingerprint density at radius 3 is 2.33 bits per heavy atom. The molecule has 15 heteroatoms. The number of piperidine rings is 2. The molecule has 8 rings (SSSR count). The number of nitrogens with zero attached hydrogens (tertiary/aromatic N) is 5. The summed E-state index contributed by atoms with van der Waals surface area (Å²) in [6.07, 6.45) is 11.8. The first kappa shape index (κ1) is 41.5. The molecule has 5 fully saturated rings. The number of imide groups is 1. The lowest BCUT2D eigenvalue weighted by molar-refractivity contribution is -0.133. The zero-order valence-electron chi connectivity index (χ0n) is 34.3. The van der Waals surface area contributed by atoms with Crippen molar-refractivity contribution < 1.29 is 28.0 Å². The highest BCUT2D eigenvalue weighted by Gasteiger charge is 2.31. The number of amides is 4. The van der Waals surface area contributed by atoms with E-state index in [1.807, 2.05) is 18.2 Å². The van der Waals surface area contributed by atoms with Gasteiger partial charge in [-0.05, 0) is 113 Å². The summed E-state index contributed by atoms with van der Waals surface area (Å²) >= 11 is 0. The number of rotatable bonds is 12. The summed E-state index contributed by atoms with van der Waals surface area (Å²) in [5.74, 6) is 0.164. The van der Waals surface area contributed by atoms with Gasteiger partial charge in [0.05, 0.1) is 11.9 Å². The van der Waals surface area contributed by atoms with E-state index < -0.39 is 11.9 Å². The van der Waals surface area contributed by atoms with Crippen LogP contribution in [-0.2, 0) is 19.2 Å². The maximum absolute atomic E-state index is 15.2. The highest BCUT2D eigenvalue weighted by Crippen LogP contribution is 2.33. The van der Waals surface area contributed by atoms with Crippen molar-refractivity contribution in [1.29, 1.82) is 0 Å². The number of benzene rings is 2. The van der Waals surface area contributed by atoms with Crippen LogP contribution in [-0.4, -0.2) is 96.4 Å². The van der Waals surface area contributed by atoms with Crippen LogP contribution in [0.1, 0.15) is 83.5 Å². The van der Waals surface area contributed by atoms with Gasteiger partial charge in [0.1, 0.15) is 17.6 Å². The Balaban J connectivity index is 0.720. The van der Waals surface area contributed by atoms with Crippen molar-refractivity contribution in [2.75, 3.05) is 66.2 Å². The smallest absolute Gasteiger partial charge is 0.249 e. The van der Waals surface area contributed by atoms with Crippen molar-refractivity contribution in [3.63, 3.8) is 0 Å². The van der Waals surface area contributed by atoms with Gasteiger partial charge in [0.2, 0.25) is 29.6 Å². The van der Waals surface area contributed by atoms with Gasteiger partial charge in [-0.15, -0.1) is 0 Å². The highest BCUT2D eigenvalue weighted by molar-refractivity contribution is 6.01. The van der Waals surface area contributed by atoms with Crippen LogP contribution in [0, 0.1) is 29.4 Å². The second kappa shape index (κ2) is 19.0. The van der Waals surface area contributed by atoms with Crippen molar-refractivity contribution in [3.8, 4) is 11.3 Å². The molecule has 1 atom stereocenters. The first-order valence-corrected chi connectivity index (χ1v) is 22.0. The average Bonchev–Trinajstić information content (AvgIpc) is 3.26. The Morgan fingerprint density at radius 1 is 0.800 bits per heavy atom. The standard InChI is InChI=1S/C45H57F2N9O4/c46-36-25-34(50-38-16-18-40(57)52-44(38)60)15-17-39(36)55-22-20-54(21-23-55)28-30-9-7-29(8-10-30)26-48-43(59)31-11-13-33(14-12-31)51-45-49-27-37(47)42(53-45)32-4-3-5-35(24-32)56-19-2-1-6-41(56)58/h3-5,15,17,24-25,27,29-31,33,38,50H,1-2,6-14,16,18-23,26,28H2,(H,48,59)(H,49,51,53)(H,52,57,60)/t29?,30?,31-,33-,38?. The molecule has 5 aliphatic rings. The van der Waals surface area contributed by atoms with E-state index in [0.717, 1.165) is 109 Å². The normalized spacial score (nSPS) is 25.4. The zero-order chi connectivity index (χ0) is 41.6. The minimum Gasteiger partial charge on any atom is -0.374 e. The molecule has 1 unspecified atom stereocenters. The fourth-order valence-electron chi connectivity index (χ4n) is 9.65. The van der Waals surface area contributed by atoms with Gasteiger partial charge in [-0.3, -0.25) is 29.4 Å². The molecular weight excluding hydrogens is 769 g/mol. The van der Waals surface area contributed by atoms with Crippen LogP contribution in [0.2, 0.25) is 0 Å². The molecule has 0 radical (unpaired) electrons. The van der Waals surface area contributed by atoms with E-state index in [9.17, 15) is 23.6 Å². The van der Waals surface area contributed by atoms with Crippen LogP contribution in [0.25, 0.3) is 11.3 Å². The molecule has 4 N–H and O–H groups in total. The van der Waals surface area contributed by atoms with E-state index in [-0.39, 0.29) is 53.5 Å². The third-order valence-electron chi connectivity index (χ3n) is 13.2. The fourth-order valence-corrected chi connectivity index (χ4v) is 9.65. The molecule has 0 spiro atoms. The van der Waals surface area contributed by atoms with Gasteiger partial charge in [0, 0.05) is 87.6 Å². The lowest BCUT2D eigenvalue weighted by Crippen LogP contribution is -2.48. The summed E-state index contributed by atoms with van der Waals surface area (Å²) in [6.45, 7) is 5.66. The maximum atomic E-state index is 15.2. The molecular formula is C45H57F2N9O4. The fraction of sp³-hybridized carbons (Fsp3) is 0.556. The van der Waals surface area contributed by atoms with Crippen LogP contribution < -0.4 is 31.1 Å². The number of aromatic nitrogens is 2. The minimum absolute atomic E-state index is 0.0242. The molecule has 3 saturated heterocycles. The summed E-state index contributed by atoms with van der Waals surface area (Å²) in [5.41, 5.74) is 2.64. The largest absolute Gasteiger partial charge is 0.374 e. The van der Waals surface area contributed by atoms with E-state index in [1.165, 1.54) is 12.3 Å². The van der Waals surface area contributed by atoms with Gasteiger partial charge in [-0.2, -0.15) is 0 Å². The van der Waals surface area contributed by atoms with E-state index in [0.29, 0.717) is 54.1 Å². The molecule has 3 aromatic rings. The quantitative estimate of drug-likeness (QED) is 0.163. The monoisotopic (exact) mass is 825 g/mol. The number of anilines is 4. The van der Waals surface area contributed by atoms with Gasteiger partial charge in [0.15, 0.2) is 5.82 Å². The van der Waals surface area contributed by atoms with Crippen molar-refractivity contribution in [2.24, 2.45) is 17.8 Å². The van der Waals surface area contributed by atoms with Crippen molar-refractivity contribution in [3.05, 3.63) is 60.3 Å². The lowest BCUT2D eigenvalue weighted by Gasteiger charge is -2.39. The maximum Gasteiger partial charge on any atom is 0.249 e. The summed E-state index contributed by atoms with van der Waals surface area (Å²) in [6, 6.07) is 11.9. The third-order valence-corrected chi connectivity index (χ3v) is 13.2. The highest BCUT2D eigenvalue weighted by atomic mass is 19.1. The van der Waals surface area contributed by atoms with Gasteiger partial charge in [0.25, 0.3) is 0 Å². The molecule has 2 saturated carbocycles. The summed E-state index contributed by atoms with van der Waals surface area (Å²) < 4.78 is 30.2. The lowest BCUT2D eigenvalue weighted by atomic mass is 9.81. The van der Waals surface area contributed by atoms with E-state index in [1.54, 1.807) is 23.1 Å². The minimum atomic E-state index is -0.551. The van der Waals surface area contributed by atoms with Crippen LogP contribution >= 0.6 is 0 Å². The zero-order valence-corrected chi connectivity index (χ0v) is 34.3. The summed E-state index contributed by atoms with van der Waals surface area (Å²) in [4.78, 5) is 64.3. The second-order valence-electron chi connectivity index (χ2n) is 17.4. The van der Waals surface area contributed by atoms with E-state index in [4.69, 9.17) is 0 Å². The number of hydrogen-bond acceptors (Lipinski definition) is 10. The first-order chi connectivity index (χ1) is 29.1. The number of carbonyl (C=O) groups is 4. The van der Waals surface area contributed by atoms with Crippen LogP contribution in [0.3, 0.4) is 0 Å². The molecule has 0 bridgehead atoms. The van der Waals surface area contributed by atoms with Crippen LogP contribution in [0.5, 0.6) is 0 Å². The Hall–Kier alpha value is -5.18. The number of piperazine rings is 1. The number of carbonyl (C=O) groups excluding carboxylic acids is 4. The van der Waals surface area contributed by atoms with E-state index in [2.05, 4.69) is 41.0 Å². The Kier molecular flexibility index (Phi) is 13.2. The average molecular weight is 826 g/mol. The van der Waals surface area contributed by atoms with Gasteiger partial charge < -0.3 is 25.8 Å². The number of hydrogen-bond donors (Lipinski definition) is 4. The number of halogens is 2. The molecule has 4 amide bonds. The third kappa shape index (κ3) is 10.2. The molecule has 320 valence electrons. The molecule has 2 aromatic carbocycles. The molecule has 3 aliphatic heterocycles. The molecule has 2 aliphatic carbocycles. The number of nitrogens with one attached hydrogen (secondary N) is 4. The van der Waals surface area contributed by atoms with E-state index >= 15 is 4.39 Å². The predicted molar refractivity (Wildman–Crippen MR) is 226 cm³/mol. The first-order valence-electron chi connectivity index (χ1n) is 22.0. The predicted octanol–water partition coefficient (Wildman–Crippen LogP) is 5.87. The summed E-state index contributed by atoms with van der Waals surface area (Å²) in [7, 11) is 0. The van der Waals surface area contributed by atoms with Crippen molar-refractivity contribution in [2.45, 2.75) is 95.6 Å². The van der Waals surface area contributed by atoms with Gasteiger partial charge >= 0.3 is 0 Å². The van der Waals surface area contributed by atoms with Gasteiger partial charge in [-0.25, -0.2) is 18.7 Å². The second-order valence-corrected chi connectivity index (χ2v) is 17.4. The molecule has 13 nitrogen and oxygen atoms in total. The molecule has 1 aromatic heterocycles. The van der Waals surface area contributed by atoms with Crippen LogP contribution in [0.15, 0.2) is 48.7 Å². The topological polar surface area (TPSA) is 152 Å². The SMILES string of the molecule is O=C1CCC(Nc2ccc(N3CCN(CC4CCC(CNC(=O)[C@H]5CC[C@H](Nc6ncc(F)c(-c7cccc(N8CCCCC8=O)c7)n6)CC5)CC4)CC3)c(F)c2)C(=O)N1. The molecule has 4 heterocycles. The van der Waals surface area contributed by atoms with Gasteiger partial charge in [-0.1, -0.05) is 12.1 Å². The van der Waals surface area contributed by atoms with Crippen LogP contribution in [0.4, 0.5) is 31.8 Å². The Bertz CT molecular complexity index is 2030. The Labute approximate surface area is 350 Å². The molecule has 60 heavy (non-hydrogen) atoms. The van der Waals surface area contributed by atoms with Crippen molar-refractivity contribution in [1.82, 2.24) is 25.5 Å². The Morgan fingerprint density at radius 2 is 1.58 bits per heavy atom. The summed E-state index contributed by atoms with van der Waals surface area (Å²) in [5, 5.41) is 12.0.